The van der Waals surface area contributed by atoms with Crippen LogP contribution in [0.15, 0.2) is 18.2 Å². The molecule has 0 bridgehead atoms. The Morgan fingerprint density at radius 3 is 2.44 bits per heavy atom. The number of carbonyl (C=O) groups excluding carboxylic acids is 1. The van der Waals surface area contributed by atoms with Crippen LogP contribution in [0.2, 0.25) is 0 Å². The van der Waals surface area contributed by atoms with E-state index in [1.807, 2.05) is 6.92 Å². The molecule has 0 aliphatic heterocycles. The second kappa shape index (κ2) is 8.94. The lowest BCUT2D eigenvalue weighted by atomic mass is 10.2. The van der Waals surface area contributed by atoms with E-state index in [1.54, 1.807) is 39.8 Å². The zero-order valence-corrected chi connectivity index (χ0v) is 16.2. The Labute approximate surface area is 149 Å². The summed E-state index contributed by atoms with van der Waals surface area (Å²) in [5.74, 6) is 0.0676. The van der Waals surface area contributed by atoms with Crippen molar-refractivity contribution in [2.24, 2.45) is 0 Å². The van der Waals surface area contributed by atoms with Crippen molar-refractivity contribution in [1.82, 2.24) is 0 Å². The van der Waals surface area contributed by atoms with Gasteiger partial charge in [0.05, 0.1) is 18.0 Å². The topological polar surface area (TPSA) is 90.9 Å². The first-order valence-corrected chi connectivity index (χ1v) is 9.83. The highest BCUT2D eigenvalue weighted by Gasteiger charge is 2.22. The maximum absolute atomic E-state index is 12.2. The molecule has 0 unspecified atom stereocenters. The molecule has 1 rings (SSSR count). The fourth-order valence-electron chi connectivity index (χ4n) is 1.87. The van der Waals surface area contributed by atoms with Crippen LogP contribution < -0.4 is 14.2 Å². The molecule has 0 spiro atoms. The van der Waals surface area contributed by atoms with Gasteiger partial charge in [-0.2, -0.15) is 8.42 Å². The monoisotopic (exact) mass is 373 g/mol. The highest BCUT2D eigenvalue weighted by molar-refractivity contribution is 7.87. The average molecular weight is 373 g/mol. The number of nitrogens with one attached hydrogen (secondary N) is 1. The van der Waals surface area contributed by atoms with Crippen LogP contribution in [-0.4, -0.2) is 32.5 Å². The SMILES string of the molecule is CCCCS(=O)(=O)Oc1c(NC(=O)OC(C)(C)C)cccc1OCC. The van der Waals surface area contributed by atoms with Crippen molar-refractivity contribution in [3.63, 3.8) is 0 Å². The number of amides is 1. The predicted molar refractivity (Wildman–Crippen MR) is 96.8 cm³/mol. The summed E-state index contributed by atoms with van der Waals surface area (Å²) in [6.07, 6.45) is 0.490. The minimum Gasteiger partial charge on any atom is -0.490 e. The third-order valence-corrected chi connectivity index (χ3v) is 4.08. The summed E-state index contributed by atoms with van der Waals surface area (Å²) in [6.45, 7) is 9.17. The lowest BCUT2D eigenvalue weighted by Gasteiger charge is -2.21. The number of hydrogen-bond acceptors (Lipinski definition) is 6. The lowest BCUT2D eigenvalue weighted by Crippen LogP contribution is -2.27. The molecule has 0 aliphatic rings. The molecule has 0 saturated heterocycles. The van der Waals surface area contributed by atoms with Crippen LogP contribution in [0, 0.1) is 0 Å². The lowest BCUT2D eigenvalue weighted by molar-refractivity contribution is 0.0635. The fraction of sp³-hybridized carbons (Fsp3) is 0.588. The van der Waals surface area contributed by atoms with Gasteiger partial charge in [-0.1, -0.05) is 19.4 Å². The van der Waals surface area contributed by atoms with Crippen LogP contribution in [0.1, 0.15) is 47.5 Å². The van der Waals surface area contributed by atoms with Crippen molar-refractivity contribution >= 4 is 21.9 Å². The quantitative estimate of drug-likeness (QED) is 0.694. The summed E-state index contributed by atoms with van der Waals surface area (Å²) in [4.78, 5) is 12.0. The molecule has 142 valence electrons. The van der Waals surface area contributed by atoms with E-state index in [0.717, 1.165) is 6.42 Å². The molecule has 0 aliphatic carbocycles. The zero-order valence-electron chi connectivity index (χ0n) is 15.4. The van der Waals surface area contributed by atoms with Gasteiger partial charge in [0.25, 0.3) is 0 Å². The van der Waals surface area contributed by atoms with Crippen molar-refractivity contribution in [2.75, 3.05) is 17.7 Å². The third-order valence-electron chi connectivity index (χ3n) is 2.87. The molecule has 0 fully saturated rings. The van der Waals surface area contributed by atoms with Crippen LogP contribution >= 0.6 is 0 Å². The molecule has 8 heteroatoms. The standard InChI is InChI=1S/C17H27NO6S/c1-6-8-12-25(20,21)24-15-13(10-9-11-14(15)22-7-2)18-16(19)23-17(3,4)5/h9-11H,6-8,12H2,1-5H3,(H,18,19). The van der Waals surface area contributed by atoms with E-state index >= 15 is 0 Å². The van der Waals surface area contributed by atoms with Crippen LogP contribution in [0.4, 0.5) is 10.5 Å². The van der Waals surface area contributed by atoms with Crippen LogP contribution in [0.3, 0.4) is 0 Å². The maximum Gasteiger partial charge on any atom is 0.412 e. The van der Waals surface area contributed by atoms with Crippen LogP contribution in [0.5, 0.6) is 11.5 Å². The van der Waals surface area contributed by atoms with Crippen LogP contribution in [-0.2, 0) is 14.9 Å². The summed E-state index contributed by atoms with van der Waals surface area (Å²) in [7, 11) is -3.80. The minimum atomic E-state index is -3.80. The normalized spacial score (nSPS) is 11.7. The molecule has 7 nitrogen and oxygen atoms in total. The molecule has 1 aromatic carbocycles. The van der Waals surface area contributed by atoms with Gasteiger partial charge in [-0.05, 0) is 46.2 Å². The van der Waals surface area contributed by atoms with Crippen LogP contribution in [0.25, 0.3) is 0 Å². The number of rotatable bonds is 8. The molecule has 1 aromatic rings. The van der Waals surface area contributed by atoms with Gasteiger partial charge in [-0.15, -0.1) is 0 Å². The van der Waals surface area contributed by atoms with Gasteiger partial charge in [-0.25, -0.2) is 4.79 Å². The van der Waals surface area contributed by atoms with E-state index in [-0.39, 0.29) is 22.9 Å². The largest absolute Gasteiger partial charge is 0.490 e. The summed E-state index contributed by atoms with van der Waals surface area (Å²) < 4.78 is 40.2. The van der Waals surface area contributed by atoms with Crippen molar-refractivity contribution in [2.45, 2.75) is 53.1 Å². The molecule has 0 aromatic heterocycles. The first-order chi connectivity index (χ1) is 11.6. The summed E-state index contributed by atoms with van der Waals surface area (Å²) in [5.41, 5.74) is -0.518. The van der Waals surface area contributed by atoms with E-state index in [0.29, 0.717) is 13.0 Å². The van der Waals surface area contributed by atoms with Gasteiger partial charge in [0.1, 0.15) is 5.60 Å². The number of para-hydroxylation sites is 1. The Morgan fingerprint density at radius 2 is 1.88 bits per heavy atom. The van der Waals surface area contributed by atoms with E-state index < -0.39 is 21.8 Å². The van der Waals surface area contributed by atoms with Gasteiger partial charge in [0.15, 0.2) is 5.75 Å². The number of ether oxygens (including phenoxy) is 2. The first kappa shape index (κ1) is 21.1. The van der Waals surface area contributed by atoms with Crippen molar-refractivity contribution in [1.29, 1.82) is 0 Å². The summed E-state index contributed by atoms with van der Waals surface area (Å²) >= 11 is 0. The van der Waals surface area contributed by atoms with E-state index in [1.165, 1.54) is 6.07 Å². The summed E-state index contributed by atoms with van der Waals surface area (Å²) in [6, 6.07) is 4.73. The molecule has 0 atom stereocenters. The number of benzene rings is 1. The Balaban J connectivity index is 3.12. The number of hydrogen-bond donors (Lipinski definition) is 1. The molecular weight excluding hydrogens is 346 g/mol. The third kappa shape index (κ3) is 7.64. The van der Waals surface area contributed by atoms with Gasteiger partial charge < -0.3 is 13.7 Å². The first-order valence-electron chi connectivity index (χ1n) is 8.26. The van der Waals surface area contributed by atoms with Gasteiger partial charge >= 0.3 is 16.2 Å². The molecule has 25 heavy (non-hydrogen) atoms. The van der Waals surface area contributed by atoms with Crippen molar-refractivity contribution < 1.29 is 26.9 Å². The van der Waals surface area contributed by atoms with E-state index in [9.17, 15) is 13.2 Å². The van der Waals surface area contributed by atoms with Gasteiger partial charge in [0, 0.05) is 0 Å². The number of unbranched alkanes of at least 4 members (excludes halogenated alkanes) is 1. The Bertz CT molecular complexity index is 679. The second-order valence-corrected chi connectivity index (χ2v) is 8.08. The average Bonchev–Trinajstić information content (AvgIpc) is 2.46. The Morgan fingerprint density at radius 1 is 1.20 bits per heavy atom. The molecular formula is C17H27NO6S. The maximum atomic E-state index is 12.2. The fourth-order valence-corrected chi connectivity index (χ4v) is 3.02. The van der Waals surface area contributed by atoms with Crippen molar-refractivity contribution in [3.8, 4) is 11.5 Å². The molecule has 1 N–H and O–H groups in total. The van der Waals surface area contributed by atoms with Crippen molar-refractivity contribution in [3.05, 3.63) is 18.2 Å². The van der Waals surface area contributed by atoms with E-state index in [2.05, 4.69) is 5.32 Å². The smallest absolute Gasteiger partial charge is 0.412 e. The minimum absolute atomic E-state index is 0.0497. The second-order valence-electron chi connectivity index (χ2n) is 6.39. The zero-order chi connectivity index (χ0) is 19.1. The van der Waals surface area contributed by atoms with E-state index in [4.69, 9.17) is 13.7 Å². The molecule has 0 radical (unpaired) electrons. The van der Waals surface area contributed by atoms with Gasteiger partial charge in [0.2, 0.25) is 5.75 Å². The highest BCUT2D eigenvalue weighted by Crippen LogP contribution is 2.37. The molecule has 0 saturated carbocycles. The number of carbonyl (C=O) groups is 1. The van der Waals surface area contributed by atoms with Gasteiger partial charge in [-0.3, -0.25) is 5.32 Å². The highest BCUT2D eigenvalue weighted by atomic mass is 32.2. The molecule has 1 amide bonds. The number of anilines is 1. The predicted octanol–water partition coefficient (Wildman–Crippen LogP) is 3.94. The Kier molecular flexibility index (Phi) is 7.54. The summed E-state index contributed by atoms with van der Waals surface area (Å²) in [5, 5.41) is 2.51. The molecule has 0 heterocycles. The Hall–Kier alpha value is -1.96.